The Kier molecular flexibility index (Phi) is 7.71. The second kappa shape index (κ2) is 10.2. The maximum absolute atomic E-state index is 12.1. The Labute approximate surface area is 163 Å². The fourth-order valence-corrected chi connectivity index (χ4v) is 2.95. The molecule has 7 nitrogen and oxygen atoms in total. The van der Waals surface area contributed by atoms with Gasteiger partial charge in [-0.3, -0.25) is 9.69 Å². The molecule has 2 aromatic rings. The third-order valence-corrected chi connectivity index (χ3v) is 4.35. The van der Waals surface area contributed by atoms with Gasteiger partial charge in [-0.1, -0.05) is 36.4 Å². The van der Waals surface area contributed by atoms with Crippen molar-refractivity contribution in [2.45, 2.75) is 26.3 Å². The van der Waals surface area contributed by atoms with Crippen LogP contribution in [0.3, 0.4) is 0 Å². The highest BCUT2D eigenvalue weighted by Gasteiger charge is 2.16. The summed E-state index contributed by atoms with van der Waals surface area (Å²) in [5.74, 6) is -3.56. The zero-order chi connectivity index (χ0) is 20.5. The molecule has 0 aromatic heterocycles. The molecule has 0 saturated heterocycles. The molecule has 0 bridgehead atoms. The number of aryl methyl sites for hydroxylation is 1. The van der Waals surface area contributed by atoms with Crippen LogP contribution in [0.25, 0.3) is 0 Å². The van der Waals surface area contributed by atoms with Crippen LogP contribution in [-0.2, 0) is 27.3 Å². The summed E-state index contributed by atoms with van der Waals surface area (Å²) in [6.45, 7) is 4.83. The van der Waals surface area contributed by atoms with E-state index in [9.17, 15) is 4.79 Å². The van der Waals surface area contributed by atoms with Crippen LogP contribution in [0, 0.1) is 6.92 Å². The van der Waals surface area contributed by atoms with Gasteiger partial charge in [0.2, 0.25) is 5.91 Å². The highest BCUT2D eigenvalue weighted by Crippen LogP contribution is 2.18. The molecular weight excluding hydrogens is 360 g/mol. The van der Waals surface area contributed by atoms with Crippen LogP contribution in [0.4, 0.5) is 5.69 Å². The van der Waals surface area contributed by atoms with Crippen LogP contribution in [0.5, 0.6) is 0 Å². The van der Waals surface area contributed by atoms with Crippen molar-refractivity contribution >= 4 is 23.5 Å². The van der Waals surface area contributed by atoms with Gasteiger partial charge in [0.15, 0.2) is 0 Å². The number of amides is 1. The van der Waals surface area contributed by atoms with Crippen molar-refractivity contribution < 1.29 is 24.6 Å². The molecule has 0 fully saturated rings. The van der Waals surface area contributed by atoms with Gasteiger partial charge in [0, 0.05) is 31.7 Å². The summed E-state index contributed by atoms with van der Waals surface area (Å²) in [7, 11) is 0. The quantitative estimate of drug-likeness (QED) is 0.700. The monoisotopic (exact) mass is 384 g/mol. The van der Waals surface area contributed by atoms with Gasteiger partial charge in [-0.2, -0.15) is 0 Å². The minimum absolute atomic E-state index is 0.0875. The summed E-state index contributed by atoms with van der Waals surface area (Å²) in [6.07, 6.45) is 1.62. The number of nitrogens with zero attached hydrogens (tertiary/aromatic N) is 1. The number of hydrogen-bond acceptors (Lipinski definition) is 4. The molecular formula is C21H24N2O5. The molecule has 7 heteroatoms. The van der Waals surface area contributed by atoms with Gasteiger partial charge in [-0.05, 0) is 42.2 Å². The number of carboxylic acid groups (broad SMARTS) is 2. The van der Waals surface area contributed by atoms with Gasteiger partial charge >= 0.3 is 11.9 Å². The number of rotatable bonds is 4. The minimum atomic E-state index is -1.82. The molecule has 0 unspecified atom stereocenters. The summed E-state index contributed by atoms with van der Waals surface area (Å²) < 4.78 is 0. The summed E-state index contributed by atoms with van der Waals surface area (Å²) in [5, 5.41) is 17.8. The fourth-order valence-electron chi connectivity index (χ4n) is 2.95. The predicted molar refractivity (Wildman–Crippen MR) is 105 cm³/mol. The van der Waals surface area contributed by atoms with E-state index in [2.05, 4.69) is 34.5 Å². The first-order valence-corrected chi connectivity index (χ1v) is 8.97. The molecule has 1 heterocycles. The van der Waals surface area contributed by atoms with E-state index in [1.807, 2.05) is 31.2 Å². The number of carboxylic acids is 2. The highest BCUT2D eigenvalue weighted by atomic mass is 16.4. The normalized spacial score (nSPS) is 12.9. The summed E-state index contributed by atoms with van der Waals surface area (Å²) >= 11 is 0. The van der Waals surface area contributed by atoms with Gasteiger partial charge in [0.25, 0.3) is 0 Å². The van der Waals surface area contributed by atoms with Gasteiger partial charge in [-0.25, -0.2) is 9.59 Å². The molecule has 3 rings (SSSR count). The second-order valence-corrected chi connectivity index (χ2v) is 6.57. The van der Waals surface area contributed by atoms with E-state index in [-0.39, 0.29) is 5.91 Å². The highest BCUT2D eigenvalue weighted by molar-refractivity contribution is 6.27. The number of hydrogen-bond donors (Lipinski definition) is 3. The molecule has 1 aliphatic rings. The summed E-state index contributed by atoms with van der Waals surface area (Å²) in [4.78, 5) is 32.6. The Morgan fingerprint density at radius 3 is 2.32 bits per heavy atom. The third-order valence-electron chi connectivity index (χ3n) is 4.35. The first-order valence-electron chi connectivity index (χ1n) is 8.97. The van der Waals surface area contributed by atoms with Gasteiger partial charge in [0.1, 0.15) is 0 Å². The van der Waals surface area contributed by atoms with Gasteiger partial charge in [0.05, 0.1) is 0 Å². The standard InChI is InChI=1S/C19H22N2O.C2H2O4/c1-15-5-4-8-18(13-15)20-19(22)10-12-21-11-9-16-6-2-3-7-17(16)14-21;3-1(4)2(5)6/h2-8,13H,9-12,14H2,1H3,(H,20,22);(H,3,4)(H,5,6). The molecule has 3 N–H and O–H groups in total. The molecule has 0 atom stereocenters. The first-order chi connectivity index (χ1) is 13.3. The zero-order valence-corrected chi connectivity index (χ0v) is 15.7. The SMILES string of the molecule is Cc1cccc(NC(=O)CCN2CCc3ccccc3C2)c1.O=C(O)C(=O)O. The maximum Gasteiger partial charge on any atom is 0.414 e. The minimum Gasteiger partial charge on any atom is -0.473 e. The van der Waals surface area contributed by atoms with Crippen molar-refractivity contribution in [3.05, 3.63) is 65.2 Å². The molecule has 0 saturated carbocycles. The molecule has 28 heavy (non-hydrogen) atoms. The van der Waals surface area contributed by atoms with Crippen molar-refractivity contribution in [2.75, 3.05) is 18.4 Å². The van der Waals surface area contributed by atoms with E-state index in [0.717, 1.165) is 37.3 Å². The Morgan fingerprint density at radius 1 is 1.00 bits per heavy atom. The van der Waals surface area contributed by atoms with E-state index in [0.29, 0.717) is 6.42 Å². The molecule has 148 valence electrons. The van der Waals surface area contributed by atoms with Crippen LogP contribution in [0.2, 0.25) is 0 Å². The van der Waals surface area contributed by atoms with Crippen LogP contribution in [-0.4, -0.2) is 46.0 Å². The Morgan fingerprint density at radius 2 is 1.68 bits per heavy atom. The number of anilines is 1. The second-order valence-electron chi connectivity index (χ2n) is 6.57. The molecule has 1 amide bonds. The topological polar surface area (TPSA) is 107 Å². The van der Waals surface area contributed by atoms with E-state index < -0.39 is 11.9 Å². The molecule has 2 aromatic carbocycles. The molecule has 0 spiro atoms. The lowest BCUT2D eigenvalue weighted by Gasteiger charge is -2.28. The first kappa shape index (κ1) is 21.1. The van der Waals surface area contributed by atoms with Gasteiger partial charge < -0.3 is 15.5 Å². The van der Waals surface area contributed by atoms with E-state index in [4.69, 9.17) is 19.8 Å². The average Bonchev–Trinajstić information content (AvgIpc) is 2.66. The lowest BCUT2D eigenvalue weighted by Crippen LogP contribution is -2.33. The number of aliphatic carboxylic acids is 2. The molecule has 0 aliphatic carbocycles. The zero-order valence-electron chi connectivity index (χ0n) is 15.7. The molecule has 1 aliphatic heterocycles. The van der Waals surface area contributed by atoms with Crippen LogP contribution in [0.15, 0.2) is 48.5 Å². The Bertz CT molecular complexity index is 838. The number of benzene rings is 2. The smallest absolute Gasteiger partial charge is 0.414 e. The Hall–Kier alpha value is -3.19. The predicted octanol–water partition coefficient (Wildman–Crippen LogP) is 2.54. The number of carbonyl (C=O) groups is 3. The van der Waals surface area contributed by atoms with Gasteiger partial charge in [-0.15, -0.1) is 0 Å². The van der Waals surface area contributed by atoms with Crippen LogP contribution >= 0.6 is 0 Å². The fraction of sp³-hybridized carbons (Fsp3) is 0.286. The van der Waals surface area contributed by atoms with Crippen LogP contribution < -0.4 is 5.32 Å². The number of fused-ring (bicyclic) bond motifs is 1. The van der Waals surface area contributed by atoms with Crippen molar-refractivity contribution in [1.82, 2.24) is 4.90 Å². The lowest BCUT2D eigenvalue weighted by molar-refractivity contribution is -0.159. The largest absolute Gasteiger partial charge is 0.473 e. The van der Waals surface area contributed by atoms with E-state index >= 15 is 0 Å². The van der Waals surface area contributed by atoms with E-state index in [1.165, 1.54) is 11.1 Å². The molecule has 0 radical (unpaired) electrons. The van der Waals surface area contributed by atoms with Crippen molar-refractivity contribution in [3.8, 4) is 0 Å². The summed E-state index contributed by atoms with van der Waals surface area (Å²) in [6, 6.07) is 16.5. The summed E-state index contributed by atoms with van der Waals surface area (Å²) in [5.41, 5.74) is 4.88. The van der Waals surface area contributed by atoms with Crippen molar-refractivity contribution in [2.24, 2.45) is 0 Å². The average molecular weight is 384 g/mol. The lowest BCUT2D eigenvalue weighted by atomic mass is 10.00. The number of carbonyl (C=O) groups excluding carboxylic acids is 1. The maximum atomic E-state index is 12.1. The van der Waals surface area contributed by atoms with Crippen LogP contribution in [0.1, 0.15) is 23.1 Å². The Balaban J connectivity index is 0.000000409. The third kappa shape index (κ3) is 6.85. The van der Waals surface area contributed by atoms with Crippen molar-refractivity contribution in [3.63, 3.8) is 0 Å². The van der Waals surface area contributed by atoms with Crippen molar-refractivity contribution in [1.29, 1.82) is 0 Å². The number of nitrogens with one attached hydrogen (secondary N) is 1. The van der Waals surface area contributed by atoms with E-state index in [1.54, 1.807) is 0 Å².